The van der Waals surface area contributed by atoms with Crippen LogP contribution >= 0.6 is 0 Å². The zero-order valence-corrected chi connectivity index (χ0v) is 18.7. The van der Waals surface area contributed by atoms with Gasteiger partial charge >= 0.3 is 0 Å². The lowest BCUT2D eigenvalue weighted by Crippen LogP contribution is -2.56. The number of amides is 1. The van der Waals surface area contributed by atoms with Crippen molar-refractivity contribution >= 4 is 11.6 Å². The van der Waals surface area contributed by atoms with E-state index in [1.807, 2.05) is 78.6 Å². The number of rotatable bonds is 9. The first kappa shape index (κ1) is 21.9. The first-order chi connectivity index (χ1) is 15.7. The minimum atomic E-state index is -0.662. The summed E-state index contributed by atoms with van der Waals surface area (Å²) < 4.78 is 11.1. The number of anilines is 1. The minimum Gasteiger partial charge on any atom is -0.491 e. The molecule has 166 valence electrons. The molecule has 0 saturated heterocycles. The highest BCUT2D eigenvalue weighted by Crippen LogP contribution is 2.41. The molecule has 3 aromatic carbocycles. The van der Waals surface area contributed by atoms with Crippen molar-refractivity contribution in [2.75, 3.05) is 25.1 Å². The zero-order chi connectivity index (χ0) is 22.4. The number of hydrogen-bond acceptors (Lipinski definition) is 4. The Labute approximate surface area is 190 Å². The number of nitrogens with zero attached hydrogens (tertiary/aromatic N) is 1. The molecule has 1 amide bonds. The summed E-state index contributed by atoms with van der Waals surface area (Å²) in [5.41, 5.74) is 3.02. The largest absolute Gasteiger partial charge is 0.491 e. The Hall–Kier alpha value is -3.31. The molecule has 1 atom stereocenters. The summed E-state index contributed by atoms with van der Waals surface area (Å²) in [6.07, 6.45) is 0.713. The first-order valence-electron chi connectivity index (χ1n) is 11.2. The molecule has 1 aliphatic rings. The van der Waals surface area contributed by atoms with Gasteiger partial charge in [0.2, 0.25) is 0 Å². The molecule has 0 radical (unpaired) electrons. The van der Waals surface area contributed by atoms with Crippen LogP contribution in [0.2, 0.25) is 0 Å². The average molecular weight is 431 g/mol. The minimum absolute atomic E-state index is 0.0297. The summed E-state index contributed by atoms with van der Waals surface area (Å²) in [4.78, 5) is 15.6. The van der Waals surface area contributed by atoms with Gasteiger partial charge in [-0.2, -0.15) is 0 Å². The maximum Gasteiger partial charge on any atom is 0.258 e. The Balaban J connectivity index is 1.69. The van der Waals surface area contributed by atoms with Gasteiger partial charge in [-0.3, -0.25) is 4.79 Å². The molecule has 32 heavy (non-hydrogen) atoms. The molecule has 0 spiro atoms. The van der Waals surface area contributed by atoms with Crippen molar-refractivity contribution in [1.82, 2.24) is 4.90 Å². The summed E-state index contributed by atoms with van der Waals surface area (Å²) in [6, 6.07) is 25.9. The normalized spacial score (nSPS) is 17.6. The van der Waals surface area contributed by atoms with Crippen molar-refractivity contribution in [3.05, 3.63) is 95.6 Å². The molecular formula is C27H30N2O3. The van der Waals surface area contributed by atoms with Gasteiger partial charge in [0, 0.05) is 18.8 Å². The Morgan fingerprint density at radius 1 is 0.875 bits per heavy atom. The maximum absolute atomic E-state index is 13.7. The second-order valence-electron chi connectivity index (χ2n) is 7.83. The fourth-order valence-corrected chi connectivity index (χ4v) is 4.26. The summed E-state index contributed by atoms with van der Waals surface area (Å²) in [7, 11) is 0. The molecular weight excluding hydrogens is 400 g/mol. The van der Waals surface area contributed by atoms with E-state index in [0.717, 1.165) is 22.6 Å². The molecule has 0 aromatic heterocycles. The van der Waals surface area contributed by atoms with Crippen LogP contribution in [-0.2, 0) is 16.9 Å². The number of para-hydroxylation sites is 1. The van der Waals surface area contributed by atoms with Crippen LogP contribution in [0.4, 0.5) is 5.69 Å². The summed E-state index contributed by atoms with van der Waals surface area (Å²) in [5.74, 6) is 0.818. The van der Waals surface area contributed by atoms with Gasteiger partial charge in [0.1, 0.15) is 18.0 Å². The Bertz CT molecular complexity index is 1040. The number of hydrogen-bond donors (Lipinski definition) is 1. The van der Waals surface area contributed by atoms with Crippen LogP contribution in [0.25, 0.3) is 0 Å². The zero-order valence-electron chi connectivity index (χ0n) is 18.7. The lowest BCUT2D eigenvalue weighted by Gasteiger charge is -2.48. The predicted octanol–water partition coefficient (Wildman–Crippen LogP) is 5.43. The van der Waals surface area contributed by atoms with E-state index in [1.165, 1.54) is 0 Å². The number of fused-ring (bicyclic) bond motifs is 1. The van der Waals surface area contributed by atoms with E-state index in [4.69, 9.17) is 9.47 Å². The van der Waals surface area contributed by atoms with Crippen LogP contribution in [-0.4, -0.2) is 30.6 Å². The summed E-state index contributed by atoms with van der Waals surface area (Å²) in [5, 5.41) is 3.70. The average Bonchev–Trinajstić information content (AvgIpc) is 2.84. The third-order valence-corrected chi connectivity index (χ3v) is 5.93. The van der Waals surface area contributed by atoms with Gasteiger partial charge in [0.25, 0.3) is 5.91 Å². The lowest BCUT2D eigenvalue weighted by molar-refractivity contribution is 0.0454. The second kappa shape index (κ2) is 9.88. The van der Waals surface area contributed by atoms with Crippen molar-refractivity contribution in [3.8, 4) is 5.75 Å². The number of ether oxygens (including phenoxy) is 2. The van der Waals surface area contributed by atoms with Crippen LogP contribution in [0.3, 0.4) is 0 Å². The monoisotopic (exact) mass is 430 g/mol. The third kappa shape index (κ3) is 4.34. The number of carbonyl (C=O) groups is 1. The molecule has 1 unspecified atom stereocenters. The van der Waals surface area contributed by atoms with Crippen molar-refractivity contribution < 1.29 is 14.3 Å². The standard InChI is InChI=1S/C27H30N2O3/c1-3-27(22-14-16-23(17-15-22)32-19-18-31-4-2)28-25-13-9-8-12-24(25)26(30)29(27)20-21-10-6-5-7-11-21/h5-17,28H,3-4,18-20H2,1-2H3. The van der Waals surface area contributed by atoms with E-state index in [9.17, 15) is 4.79 Å². The van der Waals surface area contributed by atoms with Crippen molar-refractivity contribution in [1.29, 1.82) is 0 Å². The van der Waals surface area contributed by atoms with Crippen molar-refractivity contribution in [2.24, 2.45) is 0 Å². The van der Waals surface area contributed by atoms with Crippen molar-refractivity contribution in [2.45, 2.75) is 32.5 Å². The molecule has 0 aliphatic carbocycles. The fourth-order valence-electron chi connectivity index (χ4n) is 4.26. The predicted molar refractivity (Wildman–Crippen MR) is 127 cm³/mol. The molecule has 0 saturated carbocycles. The van der Waals surface area contributed by atoms with Gasteiger partial charge < -0.3 is 19.7 Å². The summed E-state index contributed by atoms with van der Waals surface area (Å²) >= 11 is 0. The van der Waals surface area contributed by atoms with Gasteiger partial charge in [0.05, 0.1) is 12.2 Å². The third-order valence-electron chi connectivity index (χ3n) is 5.93. The number of benzene rings is 3. The highest BCUT2D eigenvalue weighted by molar-refractivity contribution is 6.02. The SMILES string of the molecule is CCOCCOc1ccc(C2(CC)Nc3ccccc3C(=O)N2Cc2ccccc2)cc1. The second-order valence-corrected chi connectivity index (χ2v) is 7.83. The molecule has 1 N–H and O–H groups in total. The topological polar surface area (TPSA) is 50.8 Å². The number of nitrogens with one attached hydrogen (secondary N) is 1. The highest BCUT2D eigenvalue weighted by atomic mass is 16.5. The van der Waals surface area contributed by atoms with Crippen molar-refractivity contribution in [3.63, 3.8) is 0 Å². The van der Waals surface area contributed by atoms with E-state index in [-0.39, 0.29) is 5.91 Å². The Morgan fingerprint density at radius 3 is 2.31 bits per heavy atom. The van der Waals surface area contributed by atoms with E-state index < -0.39 is 5.66 Å². The van der Waals surface area contributed by atoms with Crippen LogP contribution in [0.5, 0.6) is 5.75 Å². The molecule has 5 heteroatoms. The van der Waals surface area contributed by atoms with Crippen LogP contribution in [0, 0.1) is 0 Å². The van der Waals surface area contributed by atoms with Gasteiger partial charge in [-0.05, 0) is 48.7 Å². The molecule has 4 rings (SSSR count). The maximum atomic E-state index is 13.7. The highest BCUT2D eigenvalue weighted by Gasteiger charge is 2.44. The molecule has 5 nitrogen and oxygen atoms in total. The smallest absolute Gasteiger partial charge is 0.258 e. The van der Waals surface area contributed by atoms with Gasteiger partial charge in [-0.15, -0.1) is 0 Å². The van der Waals surface area contributed by atoms with Crippen LogP contribution in [0.15, 0.2) is 78.9 Å². The first-order valence-corrected chi connectivity index (χ1v) is 11.2. The Kier molecular flexibility index (Phi) is 6.76. The van der Waals surface area contributed by atoms with E-state index in [2.05, 4.69) is 24.4 Å². The molecule has 0 bridgehead atoms. The number of carbonyl (C=O) groups excluding carboxylic acids is 1. The van der Waals surface area contributed by atoms with E-state index in [1.54, 1.807) is 0 Å². The van der Waals surface area contributed by atoms with Crippen LogP contribution in [0.1, 0.15) is 41.8 Å². The fraction of sp³-hybridized carbons (Fsp3) is 0.296. The lowest BCUT2D eigenvalue weighted by atomic mass is 9.89. The molecule has 1 aliphatic heterocycles. The van der Waals surface area contributed by atoms with Gasteiger partial charge in [-0.1, -0.05) is 61.5 Å². The molecule has 3 aromatic rings. The van der Waals surface area contributed by atoms with E-state index in [0.29, 0.717) is 38.3 Å². The molecule has 1 heterocycles. The molecule has 0 fully saturated rings. The Morgan fingerprint density at radius 2 is 1.59 bits per heavy atom. The quantitative estimate of drug-likeness (QED) is 0.460. The summed E-state index contributed by atoms with van der Waals surface area (Å²) in [6.45, 7) is 6.35. The van der Waals surface area contributed by atoms with Gasteiger partial charge in [-0.25, -0.2) is 0 Å². The van der Waals surface area contributed by atoms with E-state index >= 15 is 0 Å². The van der Waals surface area contributed by atoms with Crippen LogP contribution < -0.4 is 10.1 Å². The van der Waals surface area contributed by atoms with Gasteiger partial charge in [0.15, 0.2) is 0 Å².